The molecule has 0 saturated carbocycles. The van der Waals surface area contributed by atoms with Crippen LogP contribution in [0, 0.1) is 6.92 Å². The SMILES string of the molecule is CC[C@@H](NC(=O)c1ccc(NS(=O)(=O)c2ccc(C)cc2)cc1)c1ccc(OC)cc1. The van der Waals surface area contributed by atoms with Crippen LogP contribution in [0.4, 0.5) is 5.69 Å². The zero-order valence-electron chi connectivity index (χ0n) is 17.8. The highest BCUT2D eigenvalue weighted by atomic mass is 32.2. The number of carbonyl (C=O) groups excluding carboxylic acids is 1. The van der Waals surface area contributed by atoms with E-state index in [4.69, 9.17) is 4.74 Å². The third-order valence-corrected chi connectivity index (χ3v) is 6.36. The van der Waals surface area contributed by atoms with E-state index in [-0.39, 0.29) is 16.8 Å². The van der Waals surface area contributed by atoms with Crippen molar-refractivity contribution in [2.75, 3.05) is 11.8 Å². The van der Waals surface area contributed by atoms with E-state index in [1.165, 1.54) is 0 Å². The molecular formula is C24H26N2O4S. The first-order chi connectivity index (χ1) is 14.8. The number of carbonyl (C=O) groups is 1. The predicted molar refractivity (Wildman–Crippen MR) is 122 cm³/mol. The number of ether oxygens (including phenoxy) is 1. The Bertz CT molecular complexity index is 1120. The number of rotatable bonds is 8. The molecule has 2 N–H and O–H groups in total. The summed E-state index contributed by atoms with van der Waals surface area (Å²) in [6.07, 6.45) is 0.729. The lowest BCUT2D eigenvalue weighted by molar-refractivity contribution is 0.0935. The van der Waals surface area contributed by atoms with Gasteiger partial charge >= 0.3 is 0 Å². The van der Waals surface area contributed by atoms with Gasteiger partial charge in [0.05, 0.1) is 18.0 Å². The van der Waals surface area contributed by atoms with Crippen LogP contribution in [-0.4, -0.2) is 21.4 Å². The molecule has 0 bridgehead atoms. The zero-order valence-corrected chi connectivity index (χ0v) is 18.6. The van der Waals surface area contributed by atoms with E-state index in [1.54, 1.807) is 55.6 Å². The van der Waals surface area contributed by atoms with E-state index in [0.29, 0.717) is 11.3 Å². The Labute approximate surface area is 183 Å². The van der Waals surface area contributed by atoms with Gasteiger partial charge in [-0.05, 0) is 67.4 Å². The van der Waals surface area contributed by atoms with Crippen LogP contribution in [0.5, 0.6) is 5.75 Å². The number of benzene rings is 3. The summed E-state index contributed by atoms with van der Waals surface area (Å²) in [5.74, 6) is 0.532. The van der Waals surface area contributed by atoms with Crippen molar-refractivity contribution in [3.05, 3.63) is 89.5 Å². The second kappa shape index (κ2) is 9.66. The van der Waals surface area contributed by atoms with Gasteiger partial charge in [-0.25, -0.2) is 8.42 Å². The number of aryl methyl sites for hydroxylation is 1. The van der Waals surface area contributed by atoms with Crippen LogP contribution in [0.1, 0.15) is 40.9 Å². The summed E-state index contributed by atoms with van der Waals surface area (Å²) in [4.78, 5) is 12.9. The average Bonchev–Trinajstić information content (AvgIpc) is 2.78. The van der Waals surface area contributed by atoms with Crippen LogP contribution < -0.4 is 14.8 Å². The molecule has 7 heteroatoms. The molecule has 3 aromatic rings. The average molecular weight is 439 g/mol. The summed E-state index contributed by atoms with van der Waals surface area (Å²) in [6, 6.07) is 20.4. The van der Waals surface area contributed by atoms with Crippen molar-refractivity contribution in [2.45, 2.75) is 31.2 Å². The van der Waals surface area contributed by atoms with Crippen molar-refractivity contribution in [1.29, 1.82) is 0 Å². The van der Waals surface area contributed by atoms with E-state index >= 15 is 0 Å². The minimum absolute atomic E-state index is 0.141. The highest BCUT2D eigenvalue weighted by Crippen LogP contribution is 2.21. The number of amides is 1. The summed E-state index contributed by atoms with van der Waals surface area (Å²) in [5.41, 5.74) is 2.80. The van der Waals surface area contributed by atoms with E-state index in [9.17, 15) is 13.2 Å². The van der Waals surface area contributed by atoms with E-state index in [0.717, 1.165) is 23.3 Å². The molecule has 0 aliphatic heterocycles. The molecule has 0 spiro atoms. The molecule has 1 atom stereocenters. The number of anilines is 1. The lowest BCUT2D eigenvalue weighted by Crippen LogP contribution is -2.28. The Hall–Kier alpha value is -3.32. The van der Waals surface area contributed by atoms with E-state index in [1.807, 2.05) is 38.1 Å². The Morgan fingerprint density at radius 1 is 0.935 bits per heavy atom. The van der Waals surface area contributed by atoms with Gasteiger partial charge < -0.3 is 10.1 Å². The van der Waals surface area contributed by atoms with Gasteiger partial charge in [-0.3, -0.25) is 9.52 Å². The molecule has 0 aliphatic rings. The van der Waals surface area contributed by atoms with Crippen molar-refractivity contribution >= 4 is 21.6 Å². The molecule has 0 radical (unpaired) electrons. The Balaban J connectivity index is 1.68. The molecule has 3 aromatic carbocycles. The largest absolute Gasteiger partial charge is 0.497 e. The number of methoxy groups -OCH3 is 1. The Kier molecular flexibility index (Phi) is 6.97. The molecular weight excluding hydrogens is 412 g/mol. The van der Waals surface area contributed by atoms with Gasteiger partial charge in [0.1, 0.15) is 5.75 Å². The molecule has 0 unspecified atom stereocenters. The Morgan fingerprint density at radius 2 is 1.55 bits per heavy atom. The van der Waals surface area contributed by atoms with Gasteiger partial charge in [0.2, 0.25) is 0 Å². The maximum Gasteiger partial charge on any atom is 0.261 e. The van der Waals surface area contributed by atoms with Crippen LogP contribution in [0.2, 0.25) is 0 Å². The maximum atomic E-state index is 12.7. The first kappa shape index (κ1) is 22.4. The van der Waals surface area contributed by atoms with Crippen molar-refractivity contribution in [2.24, 2.45) is 0 Å². The number of sulfonamides is 1. The van der Waals surface area contributed by atoms with Gasteiger partial charge in [0.25, 0.3) is 15.9 Å². The van der Waals surface area contributed by atoms with Crippen molar-refractivity contribution in [3.8, 4) is 5.75 Å². The second-order valence-electron chi connectivity index (χ2n) is 7.20. The van der Waals surface area contributed by atoms with Gasteiger partial charge in [0.15, 0.2) is 0 Å². The van der Waals surface area contributed by atoms with Gasteiger partial charge in [-0.1, -0.05) is 36.8 Å². The molecule has 162 valence electrons. The summed E-state index contributed by atoms with van der Waals surface area (Å²) in [7, 11) is -2.08. The molecule has 3 rings (SSSR count). The number of hydrogen-bond acceptors (Lipinski definition) is 4. The third kappa shape index (κ3) is 5.64. The summed E-state index contributed by atoms with van der Waals surface area (Å²) in [5, 5.41) is 3.02. The first-order valence-electron chi connectivity index (χ1n) is 9.96. The molecule has 0 aliphatic carbocycles. The molecule has 0 fully saturated rings. The second-order valence-corrected chi connectivity index (χ2v) is 8.89. The van der Waals surface area contributed by atoms with Crippen LogP contribution in [0.3, 0.4) is 0 Å². The molecule has 0 saturated heterocycles. The highest BCUT2D eigenvalue weighted by Gasteiger charge is 2.16. The molecule has 6 nitrogen and oxygen atoms in total. The fraction of sp³-hybridized carbons (Fsp3) is 0.208. The first-order valence-corrected chi connectivity index (χ1v) is 11.4. The van der Waals surface area contributed by atoms with Gasteiger partial charge in [0, 0.05) is 11.3 Å². The maximum absolute atomic E-state index is 12.7. The summed E-state index contributed by atoms with van der Waals surface area (Å²) in [6.45, 7) is 3.89. The monoisotopic (exact) mass is 438 g/mol. The van der Waals surface area contributed by atoms with Crippen LogP contribution in [0.25, 0.3) is 0 Å². The molecule has 1 amide bonds. The zero-order chi connectivity index (χ0) is 22.4. The topological polar surface area (TPSA) is 84.5 Å². The smallest absolute Gasteiger partial charge is 0.261 e. The van der Waals surface area contributed by atoms with E-state index < -0.39 is 10.0 Å². The van der Waals surface area contributed by atoms with Crippen molar-refractivity contribution < 1.29 is 17.9 Å². The van der Waals surface area contributed by atoms with E-state index in [2.05, 4.69) is 10.0 Å². The van der Waals surface area contributed by atoms with Gasteiger partial charge in [-0.15, -0.1) is 0 Å². The number of nitrogens with one attached hydrogen (secondary N) is 2. The highest BCUT2D eigenvalue weighted by molar-refractivity contribution is 7.92. The molecule has 0 heterocycles. The van der Waals surface area contributed by atoms with Gasteiger partial charge in [-0.2, -0.15) is 0 Å². The summed E-state index contributed by atoms with van der Waals surface area (Å²) < 4.78 is 32.8. The predicted octanol–water partition coefficient (Wildman–Crippen LogP) is 4.69. The van der Waals surface area contributed by atoms with Crippen molar-refractivity contribution in [3.63, 3.8) is 0 Å². The quantitative estimate of drug-likeness (QED) is 0.535. The third-order valence-electron chi connectivity index (χ3n) is 4.96. The lowest BCUT2D eigenvalue weighted by atomic mass is 10.0. The van der Waals surface area contributed by atoms with Crippen LogP contribution in [0.15, 0.2) is 77.7 Å². The minimum atomic E-state index is -3.69. The molecule has 0 aromatic heterocycles. The fourth-order valence-electron chi connectivity index (χ4n) is 3.12. The van der Waals surface area contributed by atoms with Crippen LogP contribution in [-0.2, 0) is 10.0 Å². The van der Waals surface area contributed by atoms with Crippen LogP contribution >= 0.6 is 0 Å². The lowest BCUT2D eigenvalue weighted by Gasteiger charge is -2.18. The normalized spacial score (nSPS) is 12.1. The fourth-order valence-corrected chi connectivity index (χ4v) is 4.18. The standard InChI is InChI=1S/C24H26N2O4S/c1-4-23(18-9-13-21(30-3)14-10-18)25-24(27)19-7-11-20(12-8-19)26-31(28,29)22-15-5-17(2)6-16-22/h5-16,23,26H,4H2,1-3H3,(H,25,27)/t23-/m1/s1. The van der Waals surface area contributed by atoms with Crippen molar-refractivity contribution in [1.82, 2.24) is 5.32 Å². The summed E-state index contributed by atoms with van der Waals surface area (Å²) >= 11 is 0. The number of hydrogen-bond donors (Lipinski definition) is 2. The Morgan fingerprint density at radius 3 is 2.10 bits per heavy atom. The minimum Gasteiger partial charge on any atom is -0.497 e. The molecule has 31 heavy (non-hydrogen) atoms.